The molecule has 1 fully saturated rings. The molecule has 3 nitrogen and oxygen atoms in total. The van der Waals surface area contributed by atoms with Crippen molar-refractivity contribution in [3.8, 4) is 0 Å². The highest BCUT2D eigenvalue weighted by atomic mass is 16.3. The van der Waals surface area contributed by atoms with Gasteiger partial charge in [-0.15, -0.1) is 0 Å². The van der Waals surface area contributed by atoms with Crippen LogP contribution in [-0.4, -0.2) is 23.9 Å². The predicted molar refractivity (Wildman–Crippen MR) is 72.7 cm³/mol. The summed E-state index contributed by atoms with van der Waals surface area (Å²) >= 11 is 0. The summed E-state index contributed by atoms with van der Waals surface area (Å²) in [6.07, 6.45) is 9.24. The fourth-order valence-electron chi connectivity index (χ4n) is 2.63. The second kappa shape index (κ2) is 7.34. The van der Waals surface area contributed by atoms with Crippen LogP contribution >= 0.6 is 0 Å². The van der Waals surface area contributed by atoms with Crippen molar-refractivity contribution in [2.24, 2.45) is 11.1 Å². The second-order valence-corrected chi connectivity index (χ2v) is 5.99. The zero-order valence-corrected chi connectivity index (χ0v) is 11.5. The van der Waals surface area contributed by atoms with E-state index in [-0.39, 0.29) is 12.3 Å². The maximum atomic E-state index is 9.74. The van der Waals surface area contributed by atoms with Gasteiger partial charge in [0.05, 0.1) is 12.3 Å². The van der Waals surface area contributed by atoms with Gasteiger partial charge in [0.1, 0.15) is 0 Å². The molecule has 3 unspecified atom stereocenters. The van der Waals surface area contributed by atoms with Crippen LogP contribution in [0.15, 0.2) is 0 Å². The lowest BCUT2D eigenvalue weighted by atomic mass is 9.80. The minimum Gasteiger partial charge on any atom is -0.390 e. The van der Waals surface area contributed by atoms with Crippen molar-refractivity contribution in [3.63, 3.8) is 0 Å². The number of aliphatic hydroxyl groups is 1. The van der Waals surface area contributed by atoms with Gasteiger partial charge in [-0.05, 0) is 24.7 Å². The van der Waals surface area contributed by atoms with Gasteiger partial charge in [-0.1, -0.05) is 46.0 Å². The van der Waals surface area contributed by atoms with Gasteiger partial charge in [0, 0.05) is 6.54 Å². The molecule has 0 saturated carbocycles. The SMILES string of the molecule is CCCCCCCC1(C)CCC(O)C(N)NC1. The average Bonchev–Trinajstić information content (AvgIpc) is 2.44. The van der Waals surface area contributed by atoms with Crippen molar-refractivity contribution >= 4 is 0 Å². The molecule has 3 atom stereocenters. The predicted octanol–water partition coefficient (Wildman–Crippen LogP) is 2.38. The highest BCUT2D eigenvalue weighted by Crippen LogP contribution is 2.32. The van der Waals surface area contributed by atoms with E-state index in [0.29, 0.717) is 5.41 Å². The summed E-state index contributed by atoms with van der Waals surface area (Å²) in [6, 6.07) is 0. The molecule has 1 aliphatic heterocycles. The van der Waals surface area contributed by atoms with Gasteiger partial charge >= 0.3 is 0 Å². The molecule has 0 amide bonds. The van der Waals surface area contributed by atoms with E-state index in [4.69, 9.17) is 5.73 Å². The van der Waals surface area contributed by atoms with Crippen molar-refractivity contribution in [2.45, 2.75) is 77.5 Å². The highest BCUT2D eigenvalue weighted by Gasteiger charge is 2.30. The number of nitrogens with one attached hydrogen (secondary N) is 1. The van der Waals surface area contributed by atoms with Crippen molar-refractivity contribution in [1.29, 1.82) is 0 Å². The van der Waals surface area contributed by atoms with Gasteiger partial charge in [0.25, 0.3) is 0 Å². The Balaban J connectivity index is 2.25. The Bertz CT molecular complexity index is 196. The Hall–Kier alpha value is -0.120. The van der Waals surface area contributed by atoms with Gasteiger partial charge in [0.2, 0.25) is 0 Å². The molecule has 1 rings (SSSR count). The summed E-state index contributed by atoms with van der Waals surface area (Å²) in [5.41, 5.74) is 6.15. The first-order chi connectivity index (χ1) is 8.07. The summed E-state index contributed by atoms with van der Waals surface area (Å²) in [5.74, 6) is 0. The second-order valence-electron chi connectivity index (χ2n) is 5.99. The standard InChI is InChI=1S/C14H30N2O/c1-3-4-5-6-7-9-14(2)10-8-12(17)13(15)16-11-14/h12-13,16-17H,3-11,15H2,1-2H3. The van der Waals surface area contributed by atoms with Crippen molar-refractivity contribution in [1.82, 2.24) is 5.32 Å². The van der Waals surface area contributed by atoms with E-state index in [9.17, 15) is 5.11 Å². The zero-order chi connectivity index (χ0) is 12.7. The topological polar surface area (TPSA) is 58.3 Å². The fraction of sp³-hybridized carbons (Fsp3) is 1.00. The fourth-order valence-corrected chi connectivity index (χ4v) is 2.63. The van der Waals surface area contributed by atoms with E-state index < -0.39 is 0 Å². The Labute approximate surface area is 106 Å². The molecule has 4 N–H and O–H groups in total. The average molecular weight is 242 g/mol. The summed E-state index contributed by atoms with van der Waals surface area (Å²) in [4.78, 5) is 0. The number of hydrogen-bond acceptors (Lipinski definition) is 3. The Morgan fingerprint density at radius 2 is 2.00 bits per heavy atom. The molecular weight excluding hydrogens is 212 g/mol. The van der Waals surface area contributed by atoms with Crippen molar-refractivity contribution in [3.05, 3.63) is 0 Å². The lowest BCUT2D eigenvalue weighted by molar-refractivity contribution is 0.126. The maximum Gasteiger partial charge on any atom is 0.0822 e. The highest BCUT2D eigenvalue weighted by molar-refractivity contribution is 4.85. The van der Waals surface area contributed by atoms with E-state index in [1.807, 2.05) is 0 Å². The van der Waals surface area contributed by atoms with Gasteiger partial charge in [-0.2, -0.15) is 0 Å². The lowest BCUT2D eigenvalue weighted by Crippen LogP contribution is -2.47. The Kier molecular flexibility index (Phi) is 6.45. The van der Waals surface area contributed by atoms with Gasteiger partial charge in [-0.3, -0.25) is 5.32 Å². The van der Waals surface area contributed by atoms with Gasteiger partial charge in [-0.25, -0.2) is 0 Å². The number of rotatable bonds is 6. The molecule has 3 heteroatoms. The Morgan fingerprint density at radius 1 is 1.29 bits per heavy atom. The minimum absolute atomic E-state index is 0.239. The van der Waals surface area contributed by atoms with Crippen LogP contribution in [0.3, 0.4) is 0 Å². The molecule has 1 saturated heterocycles. The van der Waals surface area contributed by atoms with Crippen LogP contribution in [0.4, 0.5) is 0 Å². The van der Waals surface area contributed by atoms with Crippen LogP contribution in [0.2, 0.25) is 0 Å². The molecule has 0 aromatic rings. The first kappa shape index (κ1) is 14.9. The minimum atomic E-state index is -0.378. The molecule has 1 aliphatic rings. The first-order valence-electron chi connectivity index (χ1n) is 7.24. The summed E-state index contributed by atoms with van der Waals surface area (Å²) in [5, 5.41) is 13.0. The molecule has 0 radical (unpaired) electrons. The molecule has 17 heavy (non-hydrogen) atoms. The Morgan fingerprint density at radius 3 is 2.71 bits per heavy atom. The number of unbranched alkanes of at least 4 members (excludes halogenated alkanes) is 4. The van der Waals surface area contributed by atoms with Crippen LogP contribution in [0.5, 0.6) is 0 Å². The number of hydrogen-bond donors (Lipinski definition) is 3. The summed E-state index contributed by atoms with van der Waals surface area (Å²) in [7, 11) is 0. The molecule has 0 bridgehead atoms. The van der Waals surface area contributed by atoms with Crippen LogP contribution in [-0.2, 0) is 0 Å². The molecule has 0 aliphatic carbocycles. The number of aliphatic hydroxyl groups excluding tert-OH is 1. The molecule has 1 heterocycles. The quantitative estimate of drug-likeness (QED) is 0.627. The van der Waals surface area contributed by atoms with E-state index in [1.54, 1.807) is 0 Å². The van der Waals surface area contributed by atoms with E-state index in [2.05, 4.69) is 19.2 Å². The summed E-state index contributed by atoms with van der Waals surface area (Å²) in [6.45, 7) is 5.52. The largest absolute Gasteiger partial charge is 0.390 e. The first-order valence-corrected chi connectivity index (χ1v) is 7.24. The van der Waals surface area contributed by atoms with Crippen LogP contribution in [0, 0.1) is 5.41 Å². The van der Waals surface area contributed by atoms with Crippen LogP contribution in [0.25, 0.3) is 0 Å². The van der Waals surface area contributed by atoms with E-state index in [0.717, 1.165) is 19.4 Å². The van der Waals surface area contributed by atoms with Crippen molar-refractivity contribution < 1.29 is 5.11 Å². The molecule has 102 valence electrons. The molecule has 0 spiro atoms. The normalized spacial score (nSPS) is 34.6. The molecule has 0 aromatic heterocycles. The summed E-state index contributed by atoms with van der Waals surface area (Å²) < 4.78 is 0. The van der Waals surface area contributed by atoms with E-state index >= 15 is 0 Å². The lowest BCUT2D eigenvalue weighted by Gasteiger charge is -2.28. The molecule has 0 aromatic carbocycles. The maximum absolute atomic E-state index is 9.74. The van der Waals surface area contributed by atoms with Crippen LogP contribution in [0.1, 0.15) is 65.2 Å². The third-order valence-corrected chi connectivity index (χ3v) is 4.11. The van der Waals surface area contributed by atoms with Gasteiger partial charge < -0.3 is 10.8 Å². The molecular formula is C14H30N2O. The van der Waals surface area contributed by atoms with Crippen LogP contribution < -0.4 is 11.1 Å². The smallest absolute Gasteiger partial charge is 0.0822 e. The third-order valence-electron chi connectivity index (χ3n) is 4.11. The zero-order valence-electron chi connectivity index (χ0n) is 11.5. The van der Waals surface area contributed by atoms with Crippen molar-refractivity contribution in [2.75, 3.05) is 6.54 Å². The number of nitrogens with two attached hydrogens (primary N) is 1. The van der Waals surface area contributed by atoms with Gasteiger partial charge in [0.15, 0.2) is 0 Å². The van der Waals surface area contributed by atoms with E-state index in [1.165, 1.54) is 38.5 Å². The third kappa shape index (κ3) is 5.36. The monoisotopic (exact) mass is 242 g/mol.